The van der Waals surface area contributed by atoms with Crippen molar-refractivity contribution < 1.29 is 24.3 Å². The lowest BCUT2D eigenvalue weighted by molar-refractivity contribution is -0.142. The van der Waals surface area contributed by atoms with Crippen LogP contribution in [0.5, 0.6) is 0 Å². The number of thioether (sulfide) groups is 1. The zero-order valence-electron chi connectivity index (χ0n) is 14.1. The van der Waals surface area contributed by atoms with E-state index in [1.54, 1.807) is 6.08 Å². The van der Waals surface area contributed by atoms with Crippen LogP contribution in [0, 0.1) is 0 Å². The van der Waals surface area contributed by atoms with Crippen LogP contribution in [0.4, 0.5) is 0 Å². The molecule has 8 nitrogen and oxygen atoms in total. The highest BCUT2D eigenvalue weighted by molar-refractivity contribution is 8.26. The van der Waals surface area contributed by atoms with Gasteiger partial charge in [-0.25, -0.2) is 4.79 Å². The summed E-state index contributed by atoms with van der Waals surface area (Å²) >= 11 is 6.22. The minimum atomic E-state index is -1.29. The molecule has 1 fully saturated rings. The van der Waals surface area contributed by atoms with Crippen LogP contribution in [0.1, 0.15) is 18.4 Å². The van der Waals surface area contributed by atoms with E-state index >= 15 is 0 Å². The maximum absolute atomic E-state index is 12.5. The number of benzene rings is 1. The van der Waals surface area contributed by atoms with E-state index in [-0.39, 0.29) is 17.2 Å². The van der Waals surface area contributed by atoms with E-state index in [4.69, 9.17) is 23.1 Å². The molecule has 0 aromatic heterocycles. The SMILES string of the molecule is NC(=O)CC[C@H](NC(=O)CN1C(=O)/C(=C/c2ccccc2)SC1=S)C(=O)O. The fraction of sp³-hybridized carbons (Fsp3) is 0.235. The molecule has 1 atom stereocenters. The van der Waals surface area contributed by atoms with Crippen molar-refractivity contribution in [3.8, 4) is 0 Å². The van der Waals surface area contributed by atoms with Gasteiger partial charge in [0.25, 0.3) is 5.91 Å². The largest absolute Gasteiger partial charge is 0.480 e. The summed E-state index contributed by atoms with van der Waals surface area (Å²) in [5.41, 5.74) is 5.81. The van der Waals surface area contributed by atoms with Crippen molar-refractivity contribution in [2.45, 2.75) is 18.9 Å². The molecule has 1 saturated heterocycles. The second-order valence-corrected chi connectivity index (χ2v) is 7.32. The Morgan fingerprint density at radius 3 is 2.56 bits per heavy atom. The van der Waals surface area contributed by atoms with Crippen LogP contribution in [-0.4, -0.2) is 50.6 Å². The van der Waals surface area contributed by atoms with Crippen LogP contribution in [0.25, 0.3) is 6.08 Å². The zero-order valence-corrected chi connectivity index (χ0v) is 15.7. The van der Waals surface area contributed by atoms with Crippen molar-refractivity contribution in [3.63, 3.8) is 0 Å². The maximum atomic E-state index is 12.5. The Balaban J connectivity index is 2.01. The van der Waals surface area contributed by atoms with Crippen molar-refractivity contribution >= 4 is 58.1 Å². The van der Waals surface area contributed by atoms with E-state index in [1.807, 2.05) is 30.3 Å². The maximum Gasteiger partial charge on any atom is 0.326 e. The Hall–Kier alpha value is -2.72. The number of aliphatic carboxylic acids is 1. The molecule has 0 spiro atoms. The van der Waals surface area contributed by atoms with Gasteiger partial charge >= 0.3 is 5.97 Å². The summed E-state index contributed by atoms with van der Waals surface area (Å²) < 4.78 is 0.210. The Morgan fingerprint density at radius 2 is 1.96 bits per heavy atom. The number of primary amides is 1. The molecular weight excluding hydrogens is 390 g/mol. The van der Waals surface area contributed by atoms with Gasteiger partial charge in [-0.05, 0) is 18.1 Å². The third-order valence-electron chi connectivity index (χ3n) is 3.59. The lowest BCUT2D eigenvalue weighted by Crippen LogP contribution is -2.46. The normalized spacial score (nSPS) is 16.4. The van der Waals surface area contributed by atoms with Crippen LogP contribution in [-0.2, 0) is 19.2 Å². The molecule has 0 bridgehead atoms. The van der Waals surface area contributed by atoms with Gasteiger partial charge < -0.3 is 16.2 Å². The molecule has 0 unspecified atom stereocenters. The van der Waals surface area contributed by atoms with Crippen molar-refractivity contribution in [1.29, 1.82) is 0 Å². The molecule has 10 heteroatoms. The third kappa shape index (κ3) is 5.90. The van der Waals surface area contributed by atoms with Crippen LogP contribution >= 0.6 is 24.0 Å². The summed E-state index contributed by atoms with van der Waals surface area (Å²) in [6.45, 7) is -0.406. The third-order valence-corrected chi connectivity index (χ3v) is 4.96. The Kier molecular flexibility index (Phi) is 7.08. The average Bonchev–Trinajstić information content (AvgIpc) is 2.86. The number of carboxylic acids is 1. The van der Waals surface area contributed by atoms with Crippen LogP contribution in [0.15, 0.2) is 35.2 Å². The van der Waals surface area contributed by atoms with E-state index in [1.165, 1.54) is 0 Å². The summed E-state index contributed by atoms with van der Waals surface area (Å²) in [4.78, 5) is 48.1. The molecule has 0 aliphatic carbocycles. The second kappa shape index (κ2) is 9.28. The van der Waals surface area contributed by atoms with Gasteiger partial charge in [0.15, 0.2) is 0 Å². The summed E-state index contributed by atoms with van der Waals surface area (Å²) in [5.74, 6) is -3.07. The van der Waals surface area contributed by atoms with Gasteiger partial charge in [-0.2, -0.15) is 0 Å². The highest BCUT2D eigenvalue weighted by Crippen LogP contribution is 2.32. The van der Waals surface area contributed by atoms with Crippen LogP contribution in [0.2, 0.25) is 0 Å². The molecule has 2 rings (SSSR count). The number of nitrogens with zero attached hydrogens (tertiary/aromatic N) is 1. The first-order valence-electron chi connectivity index (χ1n) is 7.89. The highest BCUT2D eigenvalue weighted by Gasteiger charge is 2.34. The molecule has 1 aliphatic heterocycles. The monoisotopic (exact) mass is 407 g/mol. The summed E-state index contributed by atoms with van der Waals surface area (Å²) in [6.07, 6.45) is 1.35. The molecule has 1 aliphatic rings. The molecule has 3 amide bonds. The van der Waals surface area contributed by atoms with Crippen molar-refractivity contribution in [3.05, 3.63) is 40.8 Å². The fourth-order valence-corrected chi connectivity index (χ4v) is 3.52. The summed E-state index contributed by atoms with van der Waals surface area (Å²) in [5, 5.41) is 11.4. The van der Waals surface area contributed by atoms with Crippen LogP contribution < -0.4 is 11.1 Å². The number of carbonyl (C=O) groups is 4. The van der Waals surface area contributed by atoms with Crippen molar-refractivity contribution in [1.82, 2.24) is 10.2 Å². The van der Waals surface area contributed by atoms with Gasteiger partial charge in [0, 0.05) is 6.42 Å². The predicted molar refractivity (Wildman–Crippen MR) is 104 cm³/mol. The second-order valence-electron chi connectivity index (χ2n) is 5.64. The number of nitrogens with one attached hydrogen (secondary N) is 1. The number of rotatable bonds is 8. The topological polar surface area (TPSA) is 130 Å². The number of amides is 3. The van der Waals surface area contributed by atoms with Crippen molar-refractivity contribution in [2.75, 3.05) is 6.54 Å². The number of carboxylic acid groups (broad SMARTS) is 1. The Bertz CT molecular complexity index is 810. The lowest BCUT2D eigenvalue weighted by Gasteiger charge is -2.17. The molecule has 142 valence electrons. The lowest BCUT2D eigenvalue weighted by atomic mass is 10.1. The van der Waals surface area contributed by atoms with Gasteiger partial charge in [-0.15, -0.1) is 0 Å². The molecule has 1 aromatic rings. The van der Waals surface area contributed by atoms with Crippen molar-refractivity contribution in [2.24, 2.45) is 5.73 Å². The van der Waals surface area contributed by atoms with Gasteiger partial charge in [0.1, 0.15) is 16.9 Å². The van der Waals surface area contributed by atoms with E-state index in [2.05, 4.69) is 5.32 Å². The van der Waals surface area contributed by atoms with Gasteiger partial charge in [-0.1, -0.05) is 54.3 Å². The molecule has 27 heavy (non-hydrogen) atoms. The van der Waals surface area contributed by atoms with E-state index in [0.29, 0.717) is 4.91 Å². The number of hydrogen-bond donors (Lipinski definition) is 3. The number of carbonyl (C=O) groups excluding carboxylic acids is 3. The predicted octanol–water partition coefficient (Wildman–Crippen LogP) is 0.723. The molecule has 0 saturated carbocycles. The molecule has 1 heterocycles. The van der Waals surface area contributed by atoms with Gasteiger partial charge in [0.05, 0.1) is 4.91 Å². The highest BCUT2D eigenvalue weighted by atomic mass is 32.2. The minimum Gasteiger partial charge on any atom is -0.480 e. The Labute approximate surface area is 164 Å². The van der Waals surface area contributed by atoms with Crippen LogP contribution in [0.3, 0.4) is 0 Å². The molecule has 4 N–H and O–H groups in total. The van der Waals surface area contributed by atoms with Gasteiger partial charge in [-0.3, -0.25) is 19.3 Å². The fourth-order valence-electron chi connectivity index (χ4n) is 2.26. The standard InChI is InChI=1S/C17H17N3O5S2/c18-13(21)7-6-11(16(24)25)19-14(22)9-20-15(23)12(27-17(20)26)8-10-4-2-1-3-5-10/h1-5,8,11H,6-7,9H2,(H2,18,21)(H,19,22)(H,24,25)/b12-8-/t11-/m0/s1. The number of thiocarbonyl (C=S) groups is 1. The molecule has 1 aromatic carbocycles. The molecular formula is C17H17N3O5S2. The van der Waals surface area contributed by atoms with E-state index < -0.39 is 36.3 Å². The van der Waals surface area contributed by atoms with E-state index in [0.717, 1.165) is 22.2 Å². The summed E-state index contributed by atoms with van der Waals surface area (Å²) in [7, 11) is 0. The first-order valence-corrected chi connectivity index (χ1v) is 9.11. The van der Waals surface area contributed by atoms with Gasteiger partial charge in [0.2, 0.25) is 11.8 Å². The minimum absolute atomic E-state index is 0.136. The smallest absolute Gasteiger partial charge is 0.326 e. The molecule has 0 radical (unpaired) electrons. The number of hydrogen-bond acceptors (Lipinski definition) is 6. The Morgan fingerprint density at radius 1 is 1.30 bits per heavy atom. The first-order chi connectivity index (χ1) is 12.8. The average molecular weight is 407 g/mol. The van der Waals surface area contributed by atoms with E-state index in [9.17, 15) is 19.2 Å². The zero-order chi connectivity index (χ0) is 20.0. The number of nitrogens with two attached hydrogens (primary N) is 1. The first kappa shape index (κ1) is 20.6. The quantitative estimate of drug-likeness (QED) is 0.428. The summed E-state index contributed by atoms with van der Waals surface area (Å²) in [6, 6.07) is 7.90.